The SMILES string of the molecule is NC(N)=O.O=S(=O)(O)c1ccc2ccccc2c1. The number of hydrogen-bond donors (Lipinski definition) is 3. The van der Waals surface area contributed by atoms with Crippen LogP contribution in [0.5, 0.6) is 0 Å². The van der Waals surface area contributed by atoms with Gasteiger partial charge in [0.25, 0.3) is 10.1 Å². The van der Waals surface area contributed by atoms with E-state index in [1.807, 2.05) is 18.2 Å². The van der Waals surface area contributed by atoms with E-state index in [9.17, 15) is 8.42 Å². The Morgan fingerprint density at radius 3 is 2.00 bits per heavy atom. The van der Waals surface area contributed by atoms with Gasteiger partial charge in [-0.05, 0) is 22.9 Å². The monoisotopic (exact) mass is 268 g/mol. The van der Waals surface area contributed by atoms with E-state index >= 15 is 0 Å². The summed E-state index contributed by atoms with van der Waals surface area (Å²) in [6, 6.07) is 11.0. The molecule has 0 unspecified atom stereocenters. The first kappa shape index (κ1) is 13.9. The second kappa shape index (κ2) is 5.48. The van der Waals surface area contributed by atoms with E-state index < -0.39 is 16.1 Å². The molecule has 0 heterocycles. The van der Waals surface area contributed by atoms with Gasteiger partial charge in [0, 0.05) is 0 Å². The predicted molar refractivity (Wildman–Crippen MR) is 67.5 cm³/mol. The fraction of sp³-hybridized carbons (Fsp3) is 0. The zero-order valence-corrected chi connectivity index (χ0v) is 10.1. The van der Waals surface area contributed by atoms with Gasteiger partial charge in [-0.1, -0.05) is 30.3 Å². The average molecular weight is 268 g/mol. The Morgan fingerprint density at radius 2 is 1.50 bits per heavy atom. The third-order valence-corrected chi connectivity index (χ3v) is 2.87. The maximum atomic E-state index is 10.8. The molecule has 2 rings (SSSR count). The fourth-order valence-corrected chi connectivity index (χ4v) is 1.84. The second-order valence-corrected chi connectivity index (χ2v) is 4.81. The molecule has 0 aliphatic rings. The van der Waals surface area contributed by atoms with Crippen molar-refractivity contribution in [3.63, 3.8) is 0 Å². The summed E-state index contributed by atoms with van der Waals surface area (Å²) in [4.78, 5) is 8.93. The summed E-state index contributed by atoms with van der Waals surface area (Å²) < 4.78 is 30.5. The summed E-state index contributed by atoms with van der Waals surface area (Å²) in [6.07, 6.45) is 0. The van der Waals surface area contributed by atoms with Gasteiger partial charge in [0.2, 0.25) is 0 Å². The minimum Gasteiger partial charge on any atom is -0.352 e. The van der Waals surface area contributed by atoms with Crippen LogP contribution >= 0.6 is 0 Å². The van der Waals surface area contributed by atoms with Crippen LogP contribution in [-0.4, -0.2) is 19.0 Å². The van der Waals surface area contributed by atoms with E-state index in [0.717, 1.165) is 10.8 Å². The van der Waals surface area contributed by atoms with Crippen molar-refractivity contribution < 1.29 is 17.8 Å². The lowest BCUT2D eigenvalue weighted by Crippen LogP contribution is -2.18. The highest BCUT2D eigenvalue weighted by Crippen LogP contribution is 2.18. The molecule has 7 heteroatoms. The summed E-state index contributed by atoms with van der Waals surface area (Å²) in [6.45, 7) is 0. The topological polar surface area (TPSA) is 123 Å². The molecule has 2 amide bonds. The molecule has 0 aliphatic heterocycles. The number of amides is 2. The summed E-state index contributed by atoms with van der Waals surface area (Å²) in [5.41, 5.74) is 8.50. The molecule has 5 N–H and O–H groups in total. The van der Waals surface area contributed by atoms with E-state index in [1.165, 1.54) is 12.1 Å². The molecule has 2 aromatic rings. The Bertz CT molecular complexity index is 664. The number of rotatable bonds is 1. The first-order valence-electron chi connectivity index (χ1n) is 4.82. The van der Waals surface area contributed by atoms with Crippen molar-refractivity contribution in [1.29, 1.82) is 0 Å². The summed E-state index contributed by atoms with van der Waals surface area (Å²) >= 11 is 0. The van der Waals surface area contributed by atoms with Crippen molar-refractivity contribution in [3.8, 4) is 0 Å². The van der Waals surface area contributed by atoms with E-state index in [4.69, 9.17) is 9.35 Å². The number of nitrogens with two attached hydrogens (primary N) is 2. The molecule has 0 atom stereocenters. The lowest BCUT2D eigenvalue weighted by molar-refractivity contribution is 0.256. The second-order valence-electron chi connectivity index (χ2n) is 3.39. The van der Waals surface area contributed by atoms with Crippen LogP contribution in [0.15, 0.2) is 47.4 Å². The van der Waals surface area contributed by atoms with Gasteiger partial charge in [-0.15, -0.1) is 0 Å². The zero-order chi connectivity index (χ0) is 13.8. The predicted octanol–water partition coefficient (Wildman–Crippen LogP) is 1.11. The standard InChI is InChI=1S/C10H8O3S.CH4N2O/c11-14(12,13)10-6-5-8-3-1-2-4-9(8)7-10;2-1(3)4/h1-7H,(H,11,12,13);(H4,2,3,4). The normalized spacial score (nSPS) is 10.5. The third kappa shape index (κ3) is 4.04. The van der Waals surface area contributed by atoms with Crippen LogP contribution < -0.4 is 11.5 Å². The smallest absolute Gasteiger partial charge is 0.309 e. The number of carbonyl (C=O) groups is 1. The summed E-state index contributed by atoms with van der Waals surface area (Å²) in [5, 5.41) is 1.74. The molecule has 6 nitrogen and oxygen atoms in total. The van der Waals surface area contributed by atoms with Crippen molar-refractivity contribution in [1.82, 2.24) is 0 Å². The largest absolute Gasteiger partial charge is 0.352 e. The molecule has 0 radical (unpaired) electrons. The fourth-order valence-electron chi connectivity index (χ4n) is 1.33. The van der Waals surface area contributed by atoms with E-state index in [1.54, 1.807) is 12.1 Å². The minimum absolute atomic E-state index is 0.0730. The van der Waals surface area contributed by atoms with Gasteiger partial charge in [0.05, 0.1) is 4.90 Å². The first-order chi connectivity index (χ1) is 8.30. The molecule has 0 bridgehead atoms. The highest BCUT2D eigenvalue weighted by atomic mass is 32.2. The van der Waals surface area contributed by atoms with Crippen LogP contribution in [0.3, 0.4) is 0 Å². The number of carbonyl (C=O) groups excluding carboxylic acids is 1. The summed E-state index contributed by atoms with van der Waals surface area (Å²) in [7, 11) is -4.09. The lowest BCUT2D eigenvalue weighted by Gasteiger charge is -1.99. The quantitative estimate of drug-likeness (QED) is 0.670. The molecule has 0 saturated carbocycles. The molecule has 0 fully saturated rings. The Balaban J connectivity index is 0.000000357. The van der Waals surface area contributed by atoms with Gasteiger partial charge in [0.15, 0.2) is 0 Å². The molecule has 0 spiro atoms. The molecule has 96 valence electrons. The molecular weight excluding hydrogens is 256 g/mol. The van der Waals surface area contributed by atoms with Crippen LogP contribution in [-0.2, 0) is 10.1 Å². The van der Waals surface area contributed by atoms with Crippen LogP contribution in [0.2, 0.25) is 0 Å². The van der Waals surface area contributed by atoms with Gasteiger partial charge >= 0.3 is 6.03 Å². The number of fused-ring (bicyclic) bond motifs is 1. The van der Waals surface area contributed by atoms with Crippen LogP contribution in [0.1, 0.15) is 0 Å². The number of primary amides is 2. The average Bonchev–Trinajstić information content (AvgIpc) is 2.26. The number of benzene rings is 2. The van der Waals surface area contributed by atoms with Crippen molar-refractivity contribution in [2.24, 2.45) is 11.5 Å². The van der Waals surface area contributed by atoms with Crippen molar-refractivity contribution in [2.75, 3.05) is 0 Å². The molecule has 2 aromatic carbocycles. The van der Waals surface area contributed by atoms with E-state index in [-0.39, 0.29) is 4.90 Å². The number of hydrogen-bond acceptors (Lipinski definition) is 3. The Hall–Kier alpha value is -2.12. The van der Waals surface area contributed by atoms with Gasteiger partial charge in [-0.3, -0.25) is 4.55 Å². The van der Waals surface area contributed by atoms with E-state index in [2.05, 4.69) is 11.5 Å². The van der Waals surface area contributed by atoms with Gasteiger partial charge < -0.3 is 11.5 Å². The molecule has 0 aromatic heterocycles. The first-order valence-corrected chi connectivity index (χ1v) is 6.26. The number of urea groups is 1. The van der Waals surface area contributed by atoms with Gasteiger partial charge in [-0.25, -0.2) is 4.79 Å². The molecule has 18 heavy (non-hydrogen) atoms. The third-order valence-electron chi connectivity index (χ3n) is 2.02. The van der Waals surface area contributed by atoms with Gasteiger partial charge in [-0.2, -0.15) is 8.42 Å². The highest BCUT2D eigenvalue weighted by molar-refractivity contribution is 7.85. The highest BCUT2D eigenvalue weighted by Gasteiger charge is 2.08. The van der Waals surface area contributed by atoms with Crippen LogP contribution in [0.25, 0.3) is 10.8 Å². The molecular formula is C11H12N2O4S. The van der Waals surface area contributed by atoms with Crippen LogP contribution in [0, 0.1) is 0 Å². The molecule has 0 aliphatic carbocycles. The van der Waals surface area contributed by atoms with Gasteiger partial charge in [0.1, 0.15) is 0 Å². The maximum Gasteiger partial charge on any atom is 0.309 e. The Kier molecular flexibility index (Phi) is 4.24. The van der Waals surface area contributed by atoms with Crippen molar-refractivity contribution in [2.45, 2.75) is 4.90 Å². The maximum absolute atomic E-state index is 10.8. The molecule has 0 saturated heterocycles. The Morgan fingerprint density at radius 1 is 1.00 bits per heavy atom. The zero-order valence-electron chi connectivity index (χ0n) is 9.28. The lowest BCUT2D eigenvalue weighted by atomic mass is 10.1. The van der Waals surface area contributed by atoms with Crippen molar-refractivity contribution >= 4 is 26.9 Å². The Labute approximate surface area is 104 Å². The summed E-state index contributed by atoms with van der Waals surface area (Å²) in [5.74, 6) is 0. The van der Waals surface area contributed by atoms with Crippen molar-refractivity contribution in [3.05, 3.63) is 42.5 Å². The minimum atomic E-state index is -4.09. The van der Waals surface area contributed by atoms with E-state index in [0.29, 0.717) is 0 Å². The van der Waals surface area contributed by atoms with Crippen LogP contribution in [0.4, 0.5) is 4.79 Å².